The molecule has 128 valence electrons. The van der Waals surface area contributed by atoms with Crippen LogP contribution in [-0.4, -0.2) is 13.5 Å². The van der Waals surface area contributed by atoms with Crippen LogP contribution in [0.1, 0.15) is 56.1 Å². The van der Waals surface area contributed by atoms with E-state index < -0.39 is 0 Å². The molecule has 24 heavy (non-hydrogen) atoms. The lowest BCUT2D eigenvalue weighted by molar-refractivity contribution is -0.105. The molecule has 0 saturated heterocycles. The molecule has 3 aliphatic rings. The van der Waals surface area contributed by atoms with Crippen LogP contribution in [0, 0.1) is 17.3 Å². The summed E-state index contributed by atoms with van der Waals surface area (Å²) < 4.78 is 5.53. The smallest absolute Gasteiger partial charge is 0.211 e. The lowest BCUT2D eigenvalue weighted by Gasteiger charge is -2.49. The van der Waals surface area contributed by atoms with Crippen LogP contribution in [0.25, 0.3) is 0 Å². The molecule has 3 nitrogen and oxygen atoms in total. The third-order valence-electron chi connectivity index (χ3n) is 7.21. The molecule has 1 N–H and O–H groups in total. The van der Waals surface area contributed by atoms with E-state index in [4.69, 9.17) is 4.74 Å². The van der Waals surface area contributed by atoms with Gasteiger partial charge in [0.05, 0.1) is 12.8 Å². The normalized spacial score (nSPS) is 34.1. The van der Waals surface area contributed by atoms with E-state index in [0.717, 1.165) is 36.1 Å². The largest absolute Gasteiger partial charge is 0.495 e. The Bertz CT molecular complexity index is 695. The molecule has 1 amide bonds. The molecule has 4 unspecified atom stereocenters. The number of fused-ring (bicyclic) bond motifs is 5. The summed E-state index contributed by atoms with van der Waals surface area (Å²) in [7, 11) is 1.68. The monoisotopic (exact) mass is 325 g/mol. The Labute approximate surface area is 144 Å². The van der Waals surface area contributed by atoms with Gasteiger partial charge in [-0.2, -0.15) is 0 Å². The third-order valence-corrected chi connectivity index (χ3v) is 7.21. The van der Waals surface area contributed by atoms with E-state index in [0.29, 0.717) is 11.3 Å². The minimum atomic E-state index is 0.363. The number of rotatable bonds is 3. The van der Waals surface area contributed by atoms with Crippen molar-refractivity contribution in [2.24, 2.45) is 17.3 Å². The van der Waals surface area contributed by atoms with Crippen molar-refractivity contribution < 1.29 is 9.53 Å². The first kappa shape index (κ1) is 15.7. The highest BCUT2D eigenvalue weighted by atomic mass is 16.5. The fourth-order valence-electron chi connectivity index (χ4n) is 5.85. The standard InChI is InChI=1S/C21H27NO2/c1-13-4-7-18-16-6-5-14-10-19(22-12-23)20(24-3)11-17(14)15(16)8-9-21(13,18)2/h10-12,15-16,18H,1,4-9H2,2-3H3,(H,22,23). The van der Waals surface area contributed by atoms with Crippen molar-refractivity contribution in [3.63, 3.8) is 0 Å². The lowest BCUT2D eigenvalue weighted by Crippen LogP contribution is -2.40. The number of aryl methyl sites for hydroxylation is 1. The van der Waals surface area contributed by atoms with Gasteiger partial charge in [0.2, 0.25) is 6.41 Å². The van der Waals surface area contributed by atoms with Gasteiger partial charge in [0.1, 0.15) is 5.75 Å². The highest BCUT2D eigenvalue weighted by Crippen LogP contribution is 2.62. The number of allylic oxidation sites excluding steroid dienone is 1. The van der Waals surface area contributed by atoms with Crippen molar-refractivity contribution in [2.45, 2.75) is 51.4 Å². The summed E-state index contributed by atoms with van der Waals surface area (Å²) in [5.74, 6) is 2.98. The molecule has 3 heteroatoms. The maximum atomic E-state index is 10.9. The number of carbonyl (C=O) groups is 1. The van der Waals surface area contributed by atoms with Gasteiger partial charge in [-0.15, -0.1) is 0 Å². The van der Waals surface area contributed by atoms with Crippen molar-refractivity contribution >= 4 is 12.1 Å². The molecule has 3 aliphatic carbocycles. The summed E-state index contributed by atoms with van der Waals surface area (Å²) in [6, 6.07) is 4.31. The van der Waals surface area contributed by atoms with E-state index in [9.17, 15) is 4.79 Å². The number of nitrogens with one attached hydrogen (secondary N) is 1. The predicted octanol–water partition coefficient (Wildman–Crippen LogP) is 4.68. The van der Waals surface area contributed by atoms with Crippen LogP contribution >= 0.6 is 0 Å². The van der Waals surface area contributed by atoms with Gasteiger partial charge in [0.25, 0.3) is 0 Å². The summed E-state index contributed by atoms with van der Waals surface area (Å²) in [4.78, 5) is 10.9. The zero-order valence-corrected chi connectivity index (χ0v) is 14.7. The van der Waals surface area contributed by atoms with E-state index in [1.165, 1.54) is 48.8 Å². The molecule has 0 bridgehead atoms. The molecule has 2 fully saturated rings. The molecule has 0 radical (unpaired) electrons. The van der Waals surface area contributed by atoms with Gasteiger partial charge in [0.15, 0.2) is 0 Å². The molecule has 4 rings (SSSR count). The van der Waals surface area contributed by atoms with Gasteiger partial charge in [-0.3, -0.25) is 4.79 Å². The second-order valence-corrected chi connectivity index (χ2v) is 8.03. The fraction of sp³-hybridized carbons (Fsp3) is 0.571. The summed E-state index contributed by atoms with van der Waals surface area (Å²) >= 11 is 0. The number of benzene rings is 1. The van der Waals surface area contributed by atoms with E-state index in [-0.39, 0.29) is 0 Å². The van der Waals surface area contributed by atoms with Crippen molar-refractivity contribution in [1.82, 2.24) is 0 Å². The van der Waals surface area contributed by atoms with Crippen LogP contribution in [-0.2, 0) is 11.2 Å². The molecule has 1 aromatic rings. The topological polar surface area (TPSA) is 38.3 Å². The number of methoxy groups -OCH3 is 1. The first-order valence-corrected chi connectivity index (χ1v) is 9.17. The van der Waals surface area contributed by atoms with Gasteiger partial charge in [0, 0.05) is 0 Å². The number of hydrogen-bond acceptors (Lipinski definition) is 2. The van der Waals surface area contributed by atoms with Crippen LogP contribution in [0.4, 0.5) is 5.69 Å². The zero-order valence-electron chi connectivity index (χ0n) is 14.7. The molecule has 0 spiro atoms. The first-order chi connectivity index (χ1) is 11.6. The van der Waals surface area contributed by atoms with E-state index >= 15 is 0 Å². The third kappa shape index (κ3) is 2.13. The van der Waals surface area contributed by atoms with E-state index in [1.807, 2.05) is 0 Å². The Kier molecular flexibility index (Phi) is 3.70. The van der Waals surface area contributed by atoms with Crippen LogP contribution in [0.15, 0.2) is 24.3 Å². The quantitative estimate of drug-likeness (QED) is 0.647. The average molecular weight is 325 g/mol. The van der Waals surface area contributed by atoms with Gasteiger partial charge in [-0.05, 0) is 85.0 Å². The lowest BCUT2D eigenvalue weighted by atomic mass is 9.55. The number of carbonyl (C=O) groups excluding carboxylic acids is 1. The molecule has 0 aliphatic heterocycles. The second kappa shape index (κ2) is 5.65. The van der Waals surface area contributed by atoms with E-state index in [1.54, 1.807) is 7.11 Å². The molecule has 0 heterocycles. The summed E-state index contributed by atoms with van der Waals surface area (Å²) in [6.45, 7) is 6.85. The maximum Gasteiger partial charge on any atom is 0.211 e. The van der Waals surface area contributed by atoms with Crippen LogP contribution < -0.4 is 10.1 Å². The maximum absolute atomic E-state index is 10.9. The number of amides is 1. The SMILES string of the molecule is C=C1CCC2C3CCc4cc(NC=O)c(OC)cc4C3CCC12C. The van der Waals surface area contributed by atoms with Gasteiger partial charge < -0.3 is 10.1 Å². The van der Waals surface area contributed by atoms with Crippen molar-refractivity contribution in [1.29, 1.82) is 0 Å². The second-order valence-electron chi connectivity index (χ2n) is 8.03. The highest BCUT2D eigenvalue weighted by molar-refractivity contribution is 5.76. The Hall–Kier alpha value is -1.77. The first-order valence-electron chi connectivity index (χ1n) is 9.17. The summed E-state index contributed by atoms with van der Waals surface area (Å²) in [6.07, 6.45) is 8.12. The Morgan fingerprint density at radius 1 is 1.29 bits per heavy atom. The summed E-state index contributed by atoms with van der Waals surface area (Å²) in [5.41, 5.74) is 5.49. The Morgan fingerprint density at radius 3 is 2.88 bits per heavy atom. The van der Waals surface area contributed by atoms with Gasteiger partial charge >= 0.3 is 0 Å². The number of ether oxygens (including phenoxy) is 1. The van der Waals surface area contributed by atoms with Crippen molar-refractivity contribution in [3.8, 4) is 5.75 Å². The molecule has 1 aromatic carbocycles. The van der Waals surface area contributed by atoms with E-state index in [2.05, 4.69) is 31.0 Å². The number of hydrogen-bond donors (Lipinski definition) is 1. The molecule has 4 atom stereocenters. The molecule has 2 saturated carbocycles. The van der Waals surface area contributed by atoms with Gasteiger partial charge in [-0.1, -0.05) is 19.1 Å². The van der Waals surface area contributed by atoms with Crippen molar-refractivity contribution in [3.05, 3.63) is 35.4 Å². The number of anilines is 1. The minimum absolute atomic E-state index is 0.363. The molecular formula is C21H27NO2. The Balaban J connectivity index is 1.72. The Morgan fingerprint density at radius 2 is 2.12 bits per heavy atom. The van der Waals surface area contributed by atoms with Crippen molar-refractivity contribution in [2.75, 3.05) is 12.4 Å². The predicted molar refractivity (Wildman–Crippen MR) is 96.4 cm³/mol. The fourth-order valence-corrected chi connectivity index (χ4v) is 5.85. The average Bonchev–Trinajstić information content (AvgIpc) is 2.89. The van der Waals surface area contributed by atoms with Crippen LogP contribution in [0.5, 0.6) is 5.75 Å². The highest BCUT2D eigenvalue weighted by Gasteiger charge is 2.51. The van der Waals surface area contributed by atoms with Crippen LogP contribution in [0.3, 0.4) is 0 Å². The minimum Gasteiger partial charge on any atom is -0.495 e. The summed E-state index contributed by atoms with van der Waals surface area (Å²) in [5, 5.41) is 2.78. The van der Waals surface area contributed by atoms with Crippen LogP contribution in [0.2, 0.25) is 0 Å². The molecular weight excluding hydrogens is 298 g/mol. The molecule has 0 aromatic heterocycles. The zero-order chi connectivity index (χ0) is 16.9. The van der Waals surface area contributed by atoms with Gasteiger partial charge in [-0.25, -0.2) is 0 Å².